The van der Waals surface area contributed by atoms with Crippen molar-refractivity contribution in [2.45, 2.75) is 32.7 Å². The lowest BCUT2D eigenvalue weighted by Crippen LogP contribution is -2.52. The Kier molecular flexibility index (Phi) is 5.40. The van der Waals surface area contributed by atoms with Gasteiger partial charge in [-0.25, -0.2) is 9.59 Å². The minimum atomic E-state index is -1.12. The number of rotatable bonds is 4. The van der Waals surface area contributed by atoms with Gasteiger partial charge in [-0.3, -0.25) is 0 Å². The van der Waals surface area contributed by atoms with Crippen LogP contribution in [0, 0.1) is 11.8 Å². The van der Waals surface area contributed by atoms with Crippen LogP contribution in [-0.2, 0) is 4.79 Å². The molecule has 0 aromatic heterocycles. The lowest BCUT2D eigenvalue weighted by Gasteiger charge is -2.35. The summed E-state index contributed by atoms with van der Waals surface area (Å²) in [6.07, 6.45) is 1.11. The number of piperidine rings is 1. The fourth-order valence-corrected chi connectivity index (χ4v) is 2.46. The number of carboxylic acid groups (broad SMARTS) is 1. The van der Waals surface area contributed by atoms with Crippen LogP contribution in [0.1, 0.15) is 26.7 Å². The highest BCUT2D eigenvalue weighted by Crippen LogP contribution is 2.20. The van der Waals surface area contributed by atoms with Crippen molar-refractivity contribution in [3.05, 3.63) is 0 Å². The number of aliphatic hydroxyl groups is 1. The summed E-state index contributed by atoms with van der Waals surface area (Å²) in [5, 5.41) is 20.1. The van der Waals surface area contributed by atoms with Gasteiger partial charge in [0.25, 0.3) is 0 Å². The Hall–Kier alpha value is -1.30. The van der Waals surface area contributed by atoms with E-state index in [4.69, 9.17) is 10.2 Å². The molecule has 0 spiro atoms. The molecule has 1 fully saturated rings. The van der Waals surface area contributed by atoms with Gasteiger partial charge in [0.1, 0.15) is 6.04 Å². The fourth-order valence-electron chi connectivity index (χ4n) is 2.46. The van der Waals surface area contributed by atoms with E-state index in [1.807, 2.05) is 0 Å². The first-order valence-electron chi connectivity index (χ1n) is 6.33. The van der Waals surface area contributed by atoms with Crippen molar-refractivity contribution in [2.24, 2.45) is 11.8 Å². The van der Waals surface area contributed by atoms with Crippen molar-refractivity contribution >= 4 is 12.0 Å². The van der Waals surface area contributed by atoms with Gasteiger partial charge in [-0.15, -0.1) is 0 Å². The molecule has 104 valence electrons. The lowest BCUT2D eigenvalue weighted by molar-refractivity contribution is -0.139. The summed E-state index contributed by atoms with van der Waals surface area (Å²) in [5.41, 5.74) is 0. The van der Waals surface area contributed by atoms with Gasteiger partial charge in [0.2, 0.25) is 0 Å². The van der Waals surface area contributed by atoms with Crippen LogP contribution in [0.15, 0.2) is 0 Å². The number of nitrogens with one attached hydrogen (secondary N) is 1. The van der Waals surface area contributed by atoms with E-state index >= 15 is 0 Å². The van der Waals surface area contributed by atoms with Crippen LogP contribution in [0.4, 0.5) is 4.79 Å². The van der Waals surface area contributed by atoms with E-state index < -0.39 is 12.0 Å². The second kappa shape index (κ2) is 6.58. The summed E-state index contributed by atoms with van der Waals surface area (Å²) >= 11 is 0. The number of nitrogens with zero attached hydrogens (tertiary/aromatic N) is 1. The average Bonchev–Trinajstić information content (AvgIpc) is 2.26. The van der Waals surface area contributed by atoms with E-state index in [9.17, 15) is 9.59 Å². The van der Waals surface area contributed by atoms with Crippen LogP contribution in [0.5, 0.6) is 0 Å². The minimum absolute atomic E-state index is 0.0278. The van der Waals surface area contributed by atoms with Crippen molar-refractivity contribution in [3.63, 3.8) is 0 Å². The third kappa shape index (κ3) is 4.18. The van der Waals surface area contributed by atoms with Crippen molar-refractivity contribution in [1.29, 1.82) is 0 Å². The van der Waals surface area contributed by atoms with Gasteiger partial charge in [-0.05, 0) is 18.3 Å². The topological polar surface area (TPSA) is 89.9 Å². The molecule has 1 aliphatic rings. The average molecular weight is 258 g/mol. The highest BCUT2D eigenvalue weighted by atomic mass is 16.4. The maximum absolute atomic E-state index is 11.9. The summed E-state index contributed by atoms with van der Waals surface area (Å²) in [6, 6.07) is -1.37. The SMILES string of the molecule is CC1CC(C)CN(C(=O)N[C@@H](CCO)C(=O)O)C1. The van der Waals surface area contributed by atoms with Crippen molar-refractivity contribution in [1.82, 2.24) is 10.2 Å². The number of carbonyl (C=O) groups is 2. The van der Waals surface area contributed by atoms with Crippen molar-refractivity contribution in [3.8, 4) is 0 Å². The van der Waals surface area contributed by atoms with Crippen LogP contribution >= 0.6 is 0 Å². The molecule has 0 radical (unpaired) electrons. The maximum Gasteiger partial charge on any atom is 0.326 e. The Labute approximate surface area is 107 Å². The number of carbonyl (C=O) groups excluding carboxylic acids is 1. The van der Waals surface area contributed by atoms with Gasteiger partial charge in [-0.1, -0.05) is 13.8 Å². The number of carboxylic acids is 1. The van der Waals surface area contributed by atoms with Crippen molar-refractivity contribution < 1.29 is 19.8 Å². The van der Waals surface area contributed by atoms with E-state index in [2.05, 4.69) is 19.2 Å². The molecule has 1 rings (SSSR count). The van der Waals surface area contributed by atoms with Gasteiger partial charge in [-0.2, -0.15) is 0 Å². The summed E-state index contributed by atoms with van der Waals surface area (Å²) in [6.45, 7) is 5.21. The predicted molar refractivity (Wildman–Crippen MR) is 66.2 cm³/mol. The number of aliphatic hydroxyl groups excluding tert-OH is 1. The molecule has 0 saturated carbocycles. The Balaban J connectivity index is 2.55. The Bertz CT molecular complexity index is 298. The number of amides is 2. The first-order chi connectivity index (χ1) is 8.43. The third-order valence-corrected chi connectivity index (χ3v) is 3.17. The highest BCUT2D eigenvalue weighted by Gasteiger charge is 2.28. The molecular weight excluding hydrogens is 236 g/mol. The third-order valence-electron chi connectivity index (χ3n) is 3.17. The van der Waals surface area contributed by atoms with Crippen LogP contribution in [-0.4, -0.2) is 52.9 Å². The summed E-state index contributed by atoms with van der Waals surface area (Å²) in [5.74, 6) is -0.253. The van der Waals surface area contributed by atoms with E-state index in [1.165, 1.54) is 0 Å². The molecule has 3 N–H and O–H groups in total. The second-order valence-electron chi connectivity index (χ2n) is 5.20. The number of aliphatic carboxylic acids is 1. The molecule has 6 heteroatoms. The molecule has 0 bridgehead atoms. The Morgan fingerprint density at radius 3 is 2.33 bits per heavy atom. The zero-order chi connectivity index (χ0) is 13.7. The zero-order valence-corrected chi connectivity index (χ0v) is 10.9. The molecule has 0 aromatic carbocycles. The monoisotopic (exact) mass is 258 g/mol. The molecule has 2 amide bonds. The standard InChI is InChI=1S/C12H22N2O4/c1-8-5-9(2)7-14(6-8)12(18)13-10(3-4-15)11(16)17/h8-10,15H,3-7H2,1-2H3,(H,13,18)(H,16,17)/t8?,9?,10-/m0/s1. The van der Waals surface area contributed by atoms with E-state index in [0.717, 1.165) is 6.42 Å². The van der Waals surface area contributed by atoms with Gasteiger partial charge in [0, 0.05) is 26.1 Å². The molecule has 2 unspecified atom stereocenters. The first kappa shape index (κ1) is 14.8. The molecule has 1 heterocycles. The second-order valence-corrected chi connectivity index (χ2v) is 5.20. The zero-order valence-electron chi connectivity index (χ0n) is 10.9. The summed E-state index contributed by atoms with van der Waals surface area (Å²) in [4.78, 5) is 24.5. The molecule has 3 atom stereocenters. The van der Waals surface area contributed by atoms with Crippen LogP contribution < -0.4 is 5.32 Å². The summed E-state index contributed by atoms with van der Waals surface area (Å²) < 4.78 is 0. The number of urea groups is 1. The molecule has 0 aromatic rings. The van der Waals surface area contributed by atoms with E-state index in [1.54, 1.807) is 4.90 Å². The molecule has 6 nitrogen and oxygen atoms in total. The minimum Gasteiger partial charge on any atom is -0.480 e. The molecule has 18 heavy (non-hydrogen) atoms. The predicted octanol–water partition coefficient (Wildman–Crippen LogP) is 0.509. The number of hydrogen-bond acceptors (Lipinski definition) is 3. The summed E-state index contributed by atoms with van der Waals surface area (Å²) in [7, 11) is 0. The smallest absolute Gasteiger partial charge is 0.326 e. The normalized spacial score (nSPS) is 25.6. The highest BCUT2D eigenvalue weighted by molar-refractivity contribution is 5.82. The van der Waals surface area contributed by atoms with Gasteiger partial charge < -0.3 is 20.4 Å². The van der Waals surface area contributed by atoms with Crippen molar-refractivity contribution in [2.75, 3.05) is 19.7 Å². The first-order valence-corrected chi connectivity index (χ1v) is 6.33. The molecule has 0 aliphatic carbocycles. The maximum atomic E-state index is 11.9. The quantitative estimate of drug-likeness (QED) is 0.685. The molecule has 1 aliphatic heterocycles. The van der Waals surface area contributed by atoms with Crippen LogP contribution in [0.25, 0.3) is 0 Å². The Morgan fingerprint density at radius 2 is 1.89 bits per heavy atom. The van der Waals surface area contributed by atoms with Gasteiger partial charge in [0.15, 0.2) is 0 Å². The largest absolute Gasteiger partial charge is 0.480 e. The van der Waals surface area contributed by atoms with Crippen LogP contribution in [0.2, 0.25) is 0 Å². The van der Waals surface area contributed by atoms with E-state index in [-0.39, 0.29) is 19.1 Å². The molecular formula is C12H22N2O4. The number of hydrogen-bond donors (Lipinski definition) is 3. The lowest BCUT2D eigenvalue weighted by atomic mass is 9.92. The van der Waals surface area contributed by atoms with E-state index in [0.29, 0.717) is 24.9 Å². The number of likely N-dealkylation sites (tertiary alicyclic amines) is 1. The van der Waals surface area contributed by atoms with Gasteiger partial charge in [0.05, 0.1) is 0 Å². The molecule has 1 saturated heterocycles. The Morgan fingerprint density at radius 1 is 1.33 bits per heavy atom. The van der Waals surface area contributed by atoms with Crippen LogP contribution in [0.3, 0.4) is 0 Å². The van der Waals surface area contributed by atoms with Gasteiger partial charge >= 0.3 is 12.0 Å². The fraction of sp³-hybridized carbons (Fsp3) is 0.833.